The minimum atomic E-state index is -4.54. The molecular formula is C13H10F3N5O3. The van der Waals surface area contributed by atoms with Crippen LogP contribution in [0.5, 0.6) is 0 Å². The maximum atomic E-state index is 13.1. The fraction of sp³-hybridized carbons (Fsp3) is 0.385. The lowest BCUT2D eigenvalue weighted by atomic mass is 10.1. The van der Waals surface area contributed by atoms with Gasteiger partial charge in [0, 0.05) is 23.7 Å². The number of fused-ring (bicyclic) bond motifs is 1. The van der Waals surface area contributed by atoms with Gasteiger partial charge in [-0.1, -0.05) is 10.3 Å². The van der Waals surface area contributed by atoms with Crippen molar-refractivity contribution in [1.29, 1.82) is 0 Å². The summed E-state index contributed by atoms with van der Waals surface area (Å²) < 4.78 is 55.5. The van der Waals surface area contributed by atoms with Crippen LogP contribution in [0.2, 0.25) is 0 Å². The summed E-state index contributed by atoms with van der Waals surface area (Å²) in [5, 5.41) is 11.1. The molecule has 8 nitrogen and oxygen atoms in total. The van der Waals surface area contributed by atoms with Gasteiger partial charge in [-0.3, -0.25) is 4.68 Å². The highest BCUT2D eigenvalue weighted by molar-refractivity contribution is 5.45. The molecule has 1 aliphatic rings. The van der Waals surface area contributed by atoms with E-state index in [4.69, 9.17) is 9.26 Å². The third-order valence-electron chi connectivity index (χ3n) is 3.58. The topological polar surface area (TPSA) is 92.0 Å². The van der Waals surface area contributed by atoms with Gasteiger partial charge in [0.15, 0.2) is 11.4 Å². The summed E-state index contributed by atoms with van der Waals surface area (Å²) in [5.74, 6) is 0.317. The summed E-state index contributed by atoms with van der Waals surface area (Å²) in [7, 11) is 0. The molecule has 4 heterocycles. The van der Waals surface area contributed by atoms with E-state index in [1.165, 1.54) is 10.9 Å². The standard InChI is InChI=1S/C13H10F3N5O3/c14-13(15,16)11-7-6-22-3-2-9(7)21(18-11)5-10-17-12(20-24-10)8-1-4-23-19-8/h1,4H,2-3,5-6H2. The molecule has 0 atom stereocenters. The maximum absolute atomic E-state index is 13.1. The molecule has 0 saturated carbocycles. The second-order valence-electron chi connectivity index (χ2n) is 5.13. The van der Waals surface area contributed by atoms with E-state index in [2.05, 4.69) is 24.9 Å². The van der Waals surface area contributed by atoms with Crippen molar-refractivity contribution in [2.75, 3.05) is 6.61 Å². The summed E-state index contributed by atoms with van der Waals surface area (Å²) in [6.45, 7) is 0.158. The van der Waals surface area contributed by atoms with E-state index in [9.17, 15) is 13.2 Å². The maximum Gasteiger partial charge on any atom is 0.435 e. The lowest BCUT2D eigenvalue weighted by Crippen LogP contribution is -2.15. The predicted molar refractivity (Wildman–Crippen MR) is 69.5 cm³/mol. The van der Waals surface area contributed by atoms with Gasteiger partial charge in [-0.05, 0) is 0 Å². The smallest absolute Gasteiger partial charge is 0.376 e. The van der Waals surface area contributed by atoms with Crippen LogP contribution in [0.3, 0.4) is 0 Å². The first-order valence-corrected chi connectivity index (χ1v) is 6.99. The molecule has 126 valence electrons. The highest BCUT2D eigenvalue weighted by Crippen LogP contribution is 2.34. The van der Waals surface area contributed by atoms with Gasteiger partial charge in [0.2, 0.25) is 11.7 Å². The van der Waals surface area contributed by atoms with Crippen LogP contribution in [0.4, 0.5) is 13.2 Å². The summed E-state index contributed by atoms with van der Waals surface area (Å²) in [4.78, 5) is 4.09. The minimum Gasteiger partial charge on any atom is -0.376 e. The molecule has 3 aromatic heterocycles. The highest BCUT2D eigenvalue weighted by atomic mass is 19.4. The first-order valence-electron chi connectivity index (χ1n) is 6.99. The van der Waals surface area contributed by atoms with Crippen LogP contribution in [0.15, 0.2) is 21.4 Å². The van der Waals surface area contributed by atoms with Gasteiger partial charge in [-0.15, -0.1) is 0 Å². The Labute approximate surface area is 132 Å². The number of halogens is 3. The van der Waals surface area contributed by atoms with Crippen LogP contribution < -0.4 is 0 Å². The second-order valence-corrected chi connectivity index (χ2v) is 5.13. The zero-order valence-electron chi connectivity index (χ0n) is 12.1. The predicted octanol–water partition coefficient (Wildman–Crippen LogP) is 2.06. The van der Waals surface area contributed by atoms with Crippen LogP contribution in [-0.2, 0) is 30.5 Å². The molecule has 0 unspecified atom stereocenters. The van der Waals surface area contributed by atoms with Crippen molar-refractivity contribution in [2.45, 2.75) is 25.7 Å². The summed E-state index contributed by atoms with van der Waals surface area (Å²) in [6, 6.07) is 1.55. The third-order valence-corrected chi connectivity index (χ3v) is 3.58. The van der Waals surface area contributed by atoms with Crippen LogP contribution in [0.1, 0.15) is 22.8 Å². The molecule has 0 spiro atoms. The van der Waals surface area contributed by atoms with E-state index in [-0.39, 0.29) is 30.4 Å². The number of rotatable bonds is 3. The fourth-order valence-electron chi connectivity index (χ4n) is 2.55. The summed E-state index contributed by atoms with van der Waals surface area (Å²) in [6.07, 6.45) is -2.86. The first-order chi connectivity index (χ1) is 11.5. The molecule has 0 fully saturated rings. The molecule has 11 heteroatoms. The van der Waals surface area contributed by atoms with E-state index in [1.54, 1.807) is 6.07 Å². The largest absolute Gasteiger partial charge is 0.435 e. The molecule has 3 aromatic rings. The fourth-order valence-corrected chi connectivity index (χ4v) is 2.55. The second kappa shape index (κ2) is 5.44. The number of ether oxygens (including phenoxy) is 1. The van der Waals surface area contributed by atoms with Gasteiger partial charge in [0.25, 0.3) is 0 Å². The van der Waals surface area contributed by atoms with Crippen molar-refractivity contribution in [1.82, 2.24) is 25.1 Å². The Morgan fingerprint density at radius 1 is 1.25 bits per heavy atom. The van der Waals surface area contributed by atoms with Crippen molar-refractivity contribution in [3.05, 3.63) is 35.2 Å². The third kappa shape index (κ3) is 2.56. The zero-order valence-corrected chi connectivity index (χ0v) is 12.1. The van der Waals surface area contributed by atoms with Crippen LogP contribution in [0, 0.1) is 0 Å². The lowest BCUT2D eigenvalue weighted by Gasteiger charge is -2.14. The average molecular weight is 341 g/mol. The van der Waals surface area contributed by atoms with E-state index in [0.29, 0.717) is 24.4 Å². The van der Waals surface area contributed by atoms with E-state index < -0.39 is 11.9 Å². The number of hydrogen-bond donors (Lipinski definition) is 0. The van der Waals surface area contributed by atoms with Gasteiger partial charge >= 0.3 is 6.18 Å². The Kier molecular flexibility index (Phi) is 3.37. The van der Waals surface area contributed by atoms with Gasteiger partial charge in [0.1, 0.15) is 12.8 Å². The molecule has 0 N–H and O–H groups in total. The van der Waals surface area contributed by atoms with Crippen LogP contribution >= 0.6 is 0 Å². The zero-order chi connectivity index (χ0) is 16.7. The molecule has 0 saturated heterocycles. The van der Waals surface area contributed by atoms with Crippen LogP contribution in [0.25, 0.3) is 11.5 Å². The number of hydrogen-bond acceptors (Lipinski definition) is 7. The summed E-state index contributed by atoms with van der Waals surface area (Å²) in [5.41, 5.74) is -0.0370. The molecule has 24 heavy (non-hydrogen) atoms. The highest BCUT2D eigenvalue weighted by Gasteiger charge is 2.40. The number of nitrogens with zero attached hydrogens (tertiary/aromatic N) is 5. The van der Waals surface area contributed by atoms with Crippen LogP contribution in [-0.4, -0.2) is 31.7 Å². The van der Waals surface area contributed by atoms with Crippen molar-refractivity contribution < 1.29 is 27.0 Å². The van der Waals surface area contributed by atoms with Crippen molar-refractivity contribution in [3.63, 3.8) is 0 Å². The molecule has 4 rings (SSSR count). The Balaban J connectivity index is 1.66. The number of aromatic nitrogens is 5. The van der Waals surface area contributed by atoms with Gasteiger partial charge < -0.3 is 13.8 Å². The molecule has 0 aromatic carbocycles. The average Bonchev–Trinajstić information content (AvgIpc) is 3.26. The first kappa shape index (κ1) is 14.9. The van der Waals surface area contributed by atoms with E-state index in [1.807, 2.05) is 0 Å². The van der Waals surface area contributed by atoms with Crippen molar-refractivity contribution in [3.8, 4) is 11.5 Å². The molecule has 1 aliphatic heterocycles. The molecule has 0 amide bonds. The molecule has 0 aliphatic carbocycles. The van der Waals surface area contributed by atoms with Gasteiger partial charge in [0.05, 0.1) is 13.2 Å². The van der Waals surface area contributed by atoms with E-state index in [0.717, 1.165) is 0 Å². The quantitative estimate of drug-likeness (QED) is 0.720. The van der Waals surface area contributed by atoms with Gasteiger partial charge in [-0.25, -0.2) is 0 Å². The van der Waals surface area contributed by atoms with Crippen molar-refractivity contribution >= 4 is 0 Å². The monoisotopic (exact) mass is 341 g/mol. The minimum absolute atomic E-state index is 0.0602. The number of alkyl halides is 3. The Bertz CT molecular complexity index is 853. The van der Waals surface area contributed by atoms with Gasteiger partial charge in [-0.2, -0.15) is 23.3 Å². The normalized spacial score (nSPS) is 14.8. The van der Waals surface area contributed by atoms with E-state index >= 15 is 0 Å². The lowest BCUT2D eigenvalue weighted by molar-refractivity contribution is -0.142. The Morgan fingerprint density at radius 2 is 2.12 bits per heavy atom. The Hall–Kier alpha value is -2.69. The van der Waals surface area contributed by atoms with Crippen molar-refractivity contribution in [2.24, 2.45) is 0 Å². The molecule has 0 bridgehead atoms. The summed E-state index contributed by atoms with van der Waals surface area (Å²) >= 11 is 0. The SMILES string of the molecule is FC(F)(F)c1nn(Cc2nc(-c3ccon3)no2)c2c1COCC2. The Morgan fingerprint density at radius 3 is 2.88 bits per heavy atom. The molecular weight excluding hydrogens is 331 g/mol. The molecule has 0 radical (unpaired) electrons.